The van der Waals surface area contributed by atoms with Crippen LogP contribution in [0.5, 0.6) is 23.1 Å². The van der Waals surface area contributed by atoms with Crippen molar-refractivity contribution in [2.24, 2.45) is 0 Å². The Bertz CT molecular complexity index is 1580. The molecule has 2 aromatic carbocycles. The molecule has 0 amide bonds. The summed E-state index contributed by atoms with van der Waals surface area (Å²) in [5, 5.41) is 1.88. The molecule has 0 saturated carbocycles. The standard InChI is InChI=1S/C29H31N3O7S2/c1-29(2,3)19-11-13-21(14-12-19)41(33,34)32-27-25(39-23-9-6-5-8-22(23)35-4)28(37-17-20-16-36-18-38-20)31-26(30-27)24-10-7-15-40-24/h5-15,20H,16-18H2,1-4H3,(H,30,31,32). The van der Waals surface area contributed by atoms with Crippen molar-refractivity contribution in [3.8, 4) is 33.8 Å². The summed E-state index contributed by atoms with van der Waals surface area (Å²) in [6, 6.07) is 17.4. The second kappa shape index (κ2) is 12.0. The van der Waals surface area contributed by atoms with Gasteiger partial charge in [0.05, 0.1) is 23.5 Å². The first-order valence-corrected chi connectivity index (χ1v) is 15.2. The Labute approximate surface area is 243 Å². The number of methoxy groups -OCH3 is 1. The molecule has 0 bridgehead atoms. The smallest absolute Gasteiger partial charge is 0.263 e. The molecule has 2 aromatic heterocycles. The van der Waals surface area contributed by atoms with Gasteiger partial charge in [0.25, 0.3) is 15.9 Å². The fraction of sp³-hybridized carbons (Fsp3) is 0.310. The van der Waals surface area contributed by atoms with E-state index >= 15 is 0 Å². The number of hydrogen-bond acceptors (Lipinski definition) is 10. The number of nitrogens with one attached hydrogen (secondary N) is 1. The van der Waals surface area contributed by atoms with E-state index in [-0.39, 0.29) is 53.1 Å². The van der Waals surface area contributed by atoms with Gasteiger partial charge < -0.3 is 23.7 Å². The Hall–Kier alpha value is -3.71. The molecule has 1 unspecified atom stereocenters. The van der Waals surface area contributed by atoms with Crippen molar-refractivity contribution >= 4 is 27.2 Å². The van der Waals surface area contributed by atoms with Crippen LogP contribution in [0.25, 0.3) is 10.7 Å². The lowest BCUT2D eigenvalue weighted by atomic mass is 9.87. The van der Waals surface area contributed by atoms with E-state index in [1.165, 1.54) is 18.4 Å². The Kier molecular flexibility index (Phi) is 8.45. The Morgan fingerprint density at radius 1 is 1.02 bits per heavy atom. The van der Waals surface area contributed by atoms with Crippen LogP contribution in [0, 0.1) is 0 Å². The maximum atomic E-state index is 13.6. The van der Waals surface area contributed by atoms with Crippen molar-refractivity contribution in [2.75, 3.05) is 31.8 Å². The lowest BCUT2D eigenvalue weighted by Crippen LogP contribution is -2.21. The number of ether oxygens (including phenoxy) is 5. The van der Waals surface area contributed by atoms with Gasteiger partial charge in [-0.2, -0.15) is 4.98 Å². The maximum absolute atomic E-state index is 13.6. The lowest BCUT2D eigenvalue weighted by Gasteiger charge is -2.20. The fourth-order valence-electron chi connectivity index (χ4n) is 3.98. The van der Waals surface area contributed by atoms with Crippen LogP contribution in [0.4, 0.5) is 5.82 Å². The molecule has 3 heterocycles. The normalized spacial score (nSPS) is 15.5. The minimum Gasteiger partial charge on any atom is -0.493 e. The molecule has 1 aliphatic heterocycles. The minimum absolute atomic E-state index is 0.0244. The van der Waals surface area contributed by atoms with Gasteiger partial charge in [0, 0.05) is 0 Å². The van der Waals surface area contributed by atoms with Gasteiger partial charge in [0.15, 0.2) is 23.1 Å². The van der Waals surface area contributed by atoms with Gasteiger partial charge >= 0.3 is 0 Å². The first kappa shape index (κ1) is 28.8. The third-order valence-electron chi connectivity index (χ3n) is 6.22. The van der Waals surface area contributed by atoms with Crippen molar-refractivity contribution in [3.05, 3.63) is 71.6 Å². The summed E-state index contributed by atoms with van der Waals surface area (Å²) < 4.78 is 58.4. The monoisotopic (exact) mass is 597 g/mol. The number of rotatable bonds is 10. The molecule has 1 aliphatic rings. The van der Waals surface area contributed by atoms with E-state index < -0.39 is 10.0 Å². The summed E-state index contributed by atoms with van der Waals surface area (Å²) >= 11 is 1.41. The zero-order valence-corrected chi connectivity index (χ0v) is 24.8. The Morgan fingerprint density at radius 2 is 1.78 bits per heavy atom. The predicted molar refractivity (Wildman–Crippen MR) is 156 cm³/mol. The molecule has 4 aromatic rings. The Morgan fingerprint density at radius 3 is 2.41 bits per heavy atom. The molecule has 10 nitrogen and oxygen atoms in total. The number of hydrogen-bond donors (Lipinski definition) is 1. The van der Waals surface area contributed by atoms with Crippen LogP contribution in [-0.2, 0) is 24.9 Å². The molecule has 216 valence electrons. The van der Waals surface area contributed by atoms with Crippen LogP contribution < -0.4 is 18.9 Å². The van der Waals surface area contributed by atoms with Gasteiger partial charge in [-0.1, -0.05) is 51.1 Å². The Balaban J connectivity index is 1.59. The van der Waals surface area contributed by atoms with Crippen LogP contribution in [-0.4, -0.2) is 51.6 Å². The van der Waals surface area contributed by atoms with Crippen LogP contribution >= 0.6 is 11.3 Å². The summed E-state index contributed by atoms with van der Waals surface area (Å²) in [5.74, 6) is 0.941. The van der Waals surface area contributed by atoms with E-state index in [0.29, 0.717) is 23.0 Å². The van der Waals surface area contributed by atoms with Crippen LogP contribution in [0.2, 0.25) is 0 Å². The number of sulfonamides is 1. The van der Waals surface area contributed by atoms with E-state index in [0.717, 1.165) is 5.56 Å². The summed E-state index contributed by atoms with van der Waals surface area (Å²) in [7, 11) is -2.58. The largest absolute Gasteiger partial charge is 0.493 e. The summed E-state index contributed by atoms with van der Waals surface area (Å²) in [6.07, 6.45) is -0.323. The van der Waals surface area contributed by atoms with Crippen LogP contribution in [0.1, 0.15) is 26.3 Å². The van der Waals surface area contributed by atoms with Crippen molar-refractivity contribution in [2.45, 2.75) is 37.2 Å². The third-order valence-corrected chi connectivity index (χ3v) is 8.44. The molecule has 12 heteroatoms. The average Bonchev–Trinajstić information content (AvgIpc) is 3.68. The summed E-state index contributed by atoms with van der Waals surface area (Å²) in [4.78, 5) is 9.98. The number of benzene rings is 2. The van der Waals surface area contributed by atoms with Crippen LogP contribution in [0.3, 0.4) is 0 Å². The molecular formula is C29H31N3O7S2. The molecular weight excluding hydrogens is 566 g/mol. The molecule has 0 spiro atoms. The topological polar surface area (TPSA) is 118 Å². The van der Waals surface area contributed by atoms with Crippen molar-refractivity contribution < 1.29 is 32.1 Å². The molecule has 1 fully saturated rings. The van der Waals surface area contributed by atoms with Crippen LogP contribution in [0.15, 0.2) is 70.9 Å². The molecule has 41 heavy (non-hydrogen) atoms. The highest BCUT2D eigenvalue weighted by molar-refractivity contribution is 7.92. The minimum atomic E-state index is -4.09. The molecule has 1 N–H and O–H groups in total. The van der Waals surface area contributed by atoms with E-state index in [4.69, 9.17) is 23.7 Å². The SMILES string of the molecule is COc1ccccc1Oc1c(NS(=O)(=O)c2ccc(C(C)(C)C)cc2)nc(-c2cccs2)nc1OCC1COCO1. The first-order chi connectivity index (χ1) is 19.6. The second-order valence-corrected chi connectivity index (χ2v) is 12.9. The molecule has 0 radical (unpaired) electrons. The average molecular weight is 598 g/mol. The van der Waals surface area contributed by atoms with Gasteiger partial charge in [-0.15, -0.1) is 11.3 Å². The van der Waals surface area contributed by atoms with Crippen molar-refractivity contribution in [1.29, 1.82) is 0 Å². The van der Waals surface area contributed by atoms with Gasteiger partial charge in [0.1, 0.15) is 19.5 Å². The molecule has 5 rings (SSSR count). The first-order valence-electron chi connectivity index (χ1n) is 12.9. The zero-order chi connectivity index (χ0) is 29.0. The highest BCUT2D eigenvalue weighted by atomic mass is 32.2. The third kappa shape index (κ3) is 6.79. The van der Waals surface area contributed by atoms with Gasteiger partial charge in [0.2, 0.25) is 5.75 Å². The lowest BCUT2D eigenvalue weighted by molar-refractivity contribution is 0.0311. The molecule has 1 saturated heterocycles. The zero-order valence-electron chi connectivity index (χ0n) is 23.1. The summed E-state index contributed by atoms with van der Waals surface area (Å²) in [6.45, 7) is 6.82. The molecule has 1 atom stereocenters. The maximum Gasteiger partial charge on any atom is 0.263 e. The molecule has 0 aliphatic carbocycles. The van der Waals surface area contributed by atoms with E-state index in [2.05, 4.69) is 35.5 Å². The number of anilines is 1. The number of thiophene rings is 1. The predicted octanol–water partition coefficient (Wildman–Crippen LogP) is 5.86. The highest BCUT2D eigenvalue weighted by Crippen LogP contribution is 2.42. The summed E-state index contributed by atoms with van der Waals surface area (Å²) in [5.41, 5.74) is 0.876. The van der Waals surface area contributed by atoms with Crippen molar-refractivity contribution in [1.82, 2.24) is 9.97 Å². The number of nitrogens with zero attached hydrogens (tertiary/aromatic N) is 2. The fourth-order valence-corrected chi connectivity index (χ4v) is 5.64. The van der Waals surface area contributed by atoms with E-state index in [1.807, 2.05) is 17.5 Å². The van der Waals surface area contributed by atoms with Gasteiger partial charge in [-0.3, -0.25) is 4.72 Å². The van der Waals surface area contributed by atoms with Gasteiger partial charge in [-0.05, 0) is 46.7 Å². The number of aromatic nitrogens is 2. The highest BCUT2D eigenvalue weighted by Gasteiger charge is 2.27. The van der Waals surface area contributed by atoms with E-state index in [1.54, 1.807) is 48.5 Å². The quantitative estimate of drug-likeness (QED) is 0.240. The van der Waals surface area contributed by atoms with Gasteiger partial charge in [-0.25, -0.2) is 13.4 Å². The second-order valence-electron chi connectivity index (χ2n) is 10.2. The van der Waals surface area contributed by atoms with E-state index in [9.17, 15) is 8.42 Å². The van der Waals surface area contributed by atoms with Crippen molar-refractivity contribution in [3.63, 3.8) is 0 Å². The number of para-hydroxylation sites is 2.